The van der Waals surface area contributed by atoms with Crippen LogP contribution < -0.4 is 10.0 Å². The van der Waals surface area contributed by atoms with Crippen LogP contribution in [0.1, 0.15) is 12.5 Å². The average Bonchev–Trinajstić information content (AvgIpc) is 2.42. The van der Waals surface area contributed by atoms with Crippen LogP contribution in [0.15, 0.2) is 48.5 Å². The third-order valence-corrected chi connectivity index (χ3v) is 4.93. The zero-order valence-electron chi connectivity index (χ0n) is 11.7. The number of hydrogen-bond acceptors (Lipinski definition) is 3. The fourth-order valence-electron chi connectivity index (χ4n) is 2.11. The van der Waals surface area contributed by atoms with Gasteiger partial charge in [-0.15, -0.1) is 0 Å². The monoisotopic (exact) mass is 308 g/mol. The van der Waals surface area contributed by atoms with Crippen molar-refractivity contribution in [1.82, 2.24) is 0 Å². The predicted molar refractivity (Wildman–Crippen MR) is 82.9 cm³/mol. The summed E-state index contributed by atoms with van der Waals surface area (Å²) in [6.45, 7) is 1.93. The number of nitrogen functional groups attached to an aromatic ring is 1. The number of para-hydroxylation sites is 1. The molecular formula is C15H17FN2O2S. The minimum Gasteiger partial charge on any atom is -0.398 e. The minimum atomic E-state index is -3.63. The maximum absolute atomic E-state index is 13.3. The van der Waals surface area contributed by atoms with Crippen LogP contribution in [0.5, 0.6) is 0 Å². The summed E-state index contributed by atoms with van der Waals surface area (Å²) in [6.07, 6.45) is 0. The first-order valence-corrected chi connectivity index (χ1v) is 8.14. The molecule has 0 bridgehead atoms. The Balaban J connectivity index is 2.35. The van der Waals surface area contributed by atoms with Gasteiger partial charge in [0.1, 0.15) is 5.82 Å². The lowest BCUT2D eigenvalue weighted by molar-refractivity contribution is 0.590. The molecule has 0 atom stereocenters. The Morgan fingerprint density at radius 3 is 2.48 bits per heavy atom. The van der Waals surface area contributed by atoms with Crippen LogP contribution >= 0.6 is 0 Å². The van der Waals surface area contributed by atoms with E-state index in [-0.39, 0.29) is 12.3 Å². The summed E-state index contributed by atoms with van der Waals surface area (Å²) in [6, 6.07) is 12.3. The maximum atomic E-state index is 13.3. The maximum Gasteiger partial charge on any atom is 0.239 e. The SMILES string of the molecule is CCN(c1cccc(F)c1)S(=O)(=O)Cc1ccccc1N. The van der Waals surface area contributed by atoms with E-state index in [9.17, 15) is 12.8 Å². The van der Waals surface area contributed by atoms with Crippen molar-refractivity contribution in [2.75, 3.05) is 16.6 Å². The molecule has 0 unspecified atom stereocenters. The van der Waals surface area contributed by atoms with Crippen LogP contribution in [0.4, 0.5) is 15.8 Å². The summed E-state index contributed by atoms with van der Waals surface area (Å²) in [7, 11) is -3.63. The Morgan fingerprint density at radius 1 is 1.14 bits per heavy atom. The van der Waals surface area contributed by atoms with Crippen LogP contribution in [0.25, 0.3) is 0 Å². The molecule has 21 heavy (non-hydrogen) atoms. The second kappa shape index (κ2) is 6.13. The zero-order chi connectivity index (χ0) is 15.5. The second-order valence-electron chi connectivity index (χ2n) is 4.60. The summed E-state index contributed by atoms with van der Waals surface area (Å²) in [5, 5.41) is 0. The molecule has 0 aliphatic carbocycles. The number of rotatable bonds is 5. The molecule has 0 saturated heterocycles. The molecule has 4 nitrogen and oxygen atoms in total. The Morgan fingerprint density at radius 2 is 1.86 bits per heavy atom. The fraction of sp³-hybridized carbons (Fsp3) is 0.200. The Bertz CT molecular complexity index is 732. The molecule has 0 spiro atoms. The van der Waals surface area contributed by atoms with Gasteiger partial charge in [-0.3, -0.25) is 4.31 Å². The van der Waals surface area contributed by atoms with E-state index in [0.717, 1.165) is 0 Å². The Hall–Kier alpha value is -2.08. The molecule has 0 heterocycles. The van der Waals surface area contributed by atoms with E-state index in [2.05, 4.69) is 0 Å². The van der Waals surface area contributed by atoms with Crippen molar-refractivity contribution in [3.05, 3.63) is 59.9 Å². The second-order valence-corrected chi connectivity index (χ2v) is 6.49. The van der Waals surface area contributed by atoms with E-state index in [0.29, 0.717) is 16.9 Å². The third-order valence-electron chi connectivity index (χ3n) is 3.11. The number of nitrogens with two attached hydrogens (primary N) is 1. The van der Waals surface area contributed by atoms with E-state index in [1.807, 2.05) is 0 Å². The van der Waals surface area contributed by atoms with Crippen molar-refractivity contribution in [1.29, 1.82) is 0 Å². The van der Waals surface area contributed by atoms with Crippen LogP contribution in [0, 0.1) is 5.82 Å². The summed E-state index contributed by atoms with van der Waals surface area (Å²) < 4.78 is 39.6. The molecule has 0 fully saturated rings. The van der Waals surface area contributed by atoms with Gasteiger partial charge < -0.3 is 5.73 Å². The first-order valence-electron chi connectivity index (χ1n) is 6.53. The van der Waals surface area contributed by atoms with Crippen LogP contribution in [0.2, 0.25) is 0 Å². The highest BCUT2D eigenvalue weighted by molar-refractivity contribution is 7.92. The molecule has 2 N–H and O–H groups in total. The summed E-state index contributed by atoms with van der Waals surface area (Å²) in [5.74, 6) is -0.690. The quantitative estimate of drug-likeness (QED) is 0.864. The van der Waals surface area contributed by atoms with Crippen molar-refractivity contribution in [3.63, 3.8) is 0 Å². The van der Waals surface area contributed by atoms with Crippen molar-refractivity contribution in [2.24, 2.45) is 0 Å². The number of hydrogen-bond donors (Lipinski definition) is 1. The third kappa shape index (κ3) is 3.52. The molecule has 0 aliphatic rings. The lowest BCUT2D eigenvalue weighted by Gasteiger charge is -2.23. The molecule has 2 aromatic rings. The van der Waals surface area contributed by atoms with Gasteiger partial charge in [0.2, 0.25) is 10.0 Å². The van der Waals surface area contributed by atoms with E-state index in [4.69, 9.17) is 5.73 Å². The lowest BCUT2D eigenvalue weighted by Crippen LogP contribution is -2.32. The van der Waals surface area contributed by atoms with Gasteiger partial charge in [-0.25, -0.2) is 12.8 Å². The molecule has 2 aromatic carbocycles. The Kier molecular flexibility index (Phi) is 4.47. The number of sulfonamides is 1. The molecule has 0 saturated carbocycles. The molecule has 0 radical (unpaired) electrons. The van der Waals surface area contributed by atoms with Gasteiger partial charge >= 0.3 is 0 Å². The number of halogens is 1. The van der Waals surface area contributed by atoms with Crippen molar-refractivity contribution in [3.8, 4) is 0 Å². The average molecular weight is 308 g/mol. The number of anilines is 2. The van der Waals surface area contributed by atoms with Gasteiger partial charge in [-0.1, -0.05) is 24.3 Å². The van der Waals surface area contributed by atoms with Crippen LogP contribution in [0.3, 0.4) is 0 Å². The molecule has 0 aliphatic heterocycles. The van der Waals surface area contributed by atoms with Gasteiger partial charge in [0.15, 0.2) is 0 Å². The minimum absolute atomic E-state index is 0.218. The molecule has 2 rings (SSSR count). The Labute approximate surface area is 124 Å². The molecule has 0 aromatic heterocycles. The smallest absolute Gasteiger partial charge is 0.239 e. The summed E-state index contributed by atoms with van der Waals surface area (Å²) >= 11 is 0. The van der Waals surface area contributed by atoms with E-state index >= 15 is 0 Å². The highest BCUT2D eigenvalue weighted by Gasteiger charge is 2.22. The van der Waals surface area contributed by atoms with Crippen LogP contribution in [-0.4, -0.2) is 15.0 Å². The van der Waals surface area contributed by atoms with Gasteiger partial charge in [-0.05, 0) is 36.8 Å². The number of nitrogens with zero attached hydrogens (tertiary/aromatic N) is 1. The van der Waals surface area contributed by atoms with Crippen LogP contribution in [-0.2, 0) is 15.8 Å². The van der Waals surface area contributed by atoms with E-state index in [1.54, 1.807) is 37.3 Å². The standard InChI is InChI=1S/C15H17FN2O2S/c1-2-18(14-8-5-7-13(16)10-14)21(19,20)11-12-6-3-4-9-15(12)17/h3-10H,2,11,17H2,1H3. The summed E-state index contributed by atoms with van der Waals surface area (Å²) in [4.78, 5) is 0. The molecular weight excluding hydrogens is 291 g/mol. The van der Waals surface area contributed by atoms with Crippen molar-refractivity contribution >= 4 is 21.4 Å². The predicted octanol–water partition coefficient (Wildman–Crippen LogP) is 2.76. The van der Waals surface area contributed by atoms with Crippen molar-refractivity contribution < 1.29 is 12.8 Å². The largest absolute Gasteiger partial charge is 0.398 e. The molecule has 112 valence electrons. The lowest BCUT2D eigenvalue weighted by atomic mass is 10.2. The molecule has 0 amide bonds. The fourth-order valence-corrected chi connectivity index (χ4v) is 3.75. The van der Waals surface area contributed by atoms with Gasteiger partial charge in [0.05, 0.1) is 11.4 Å². The van der Waals surface area contributed by atoms with Crippen molar-refractivity contribution in [2.45, 2.75) is 12.7 Å². The first-order chi connectivity index (χ1) is 9.94. The van der Waals surface area contributed by atoms with Gasteiger partial charge in [0.25, 0.3) is 0 Å². The van der Waals surface area contributed by atoms with Gasteiger partial charge in [0, 0.05) is 12.2 Å². The van der Waals surface area contributed by atoms with Gasteiger partial charge in [-0.2, -0.15) is 0 Å². The summed E-state index contributed by atoms with van der Waals surface area (Å²) in [5.41, 5.74) is 7.06. The highest BCUT2D eigenvalue weighted by atomic mass is 32.2. The first kappa shape index (κ1) is 15.3. The number of benzene rings is 2. The topological polar surface area (TPSA) is 63.4 Å². The van der Waals surface area contributed by atoms with E-state index < -0.39 is 15.8 Å². The highest BCUT2D eigenvalue weighted by Crippen LogP contribution is 2.23. The normalized spacial score (nSPS) is 11.3. The zero-order valence-corrected chi connectivity index (χ0v) is 12.5. The molecule has 6 heteroatoms. The van der Waals surface area contributed by atoms with E-state index in [1.165, 1.54) is 22.5 Å².